The van der Waals surface area contributed by atoms with Gasteiger partial charge in [-0.2, -0.15) is 0 Å². The molecule has 0 fully saturated rings. The van der Waals surface area contributed by atoms with Crippen molar-refractivity contribution < 1.29 is 13.9 Å². The van der Waals surface area contributed by atoms with Crippen LogP contribution in [0.25, 0.3) is 0 Å². The van der Waals surface area contributed by atoms with Crippen LogP contribution in [0.15, 0.2) is 34.9 Å². The molecule has 0 saturated carbocycles. The first-order valence-corrected chi connectivity index (χ1v) is 6.71. The van der Waals surface area contributed by atoms with E-state index in [1.54, 1.807) is 20.5 Å². The van der Waals surface area contributed by atoms with Gasteiger partial charge < -0.3 is 19.2 Å². The number of benzene rings is 1. The highest BCUT2D eigenvalue weighted by molar-refractivity contribution is 5.51. The van der Waals surface area contributed by atoms with Gasteiger partial charge in [0.05, 0.1) is 32.1 Å². The Morgan fingerprint density at radius 3 is 2.25 bits per heavy atom. The molecule has 0 radical (unpaired) electrons. The van der Waals surface area contributed by atoms with E-state index in [-0.39, 0.29) is 6.04 Å². The summed E-state index contributed by atoms with van der Waals surface area (Å²) in [7, 11) is 3.34. The summed E-state index contributed by atoms with van der Waals surface area (Å²) in [4.78, 5) is 0. The first kappa shape index (κ1) is 14.5. The number of furan rings is 1. The predicted molar refractivity (Wildman–Crippen MR) is 78.5 cm³/mol. The van der Waals surface area contributed by atoms with Crippen molar-refractivity contribution in [1.82, 2.24) is 5.32 Å². The van der Waals surface area contributed by atoms with Crippen molar-refractivity contribution in [2.45, 2.75) is 19.9 Å². The average molecular weight is 275 g/mol. The van der Waals surface area contributed by atoms with E-state index >= 15 is 0 Å². The van der Waals surface area contributed by atoms with E-state index < -0.39 is 0 Å². The lowest BCUT2D eigenvalue weighted by Gasteiger charge is -2.22. The van der Waals surface area contributed by atoms with E-state index in [1.165, 1.54) is 0 Å². The minimum Gasteiger partial charge on any atom is -0.496 e. The van der Waals surface area contributed by atoms with Crippen molar-refractivity contribution in [3.05, 3.63) is 47.4 Å². The van der Waals surface area contributed by atoms with Crippen LogP contribution >= 0.6 is 0 Å². The molecule has 0 aliphatic heterocycles. The van der Waals surface area contributed by atoms with Gasteiger partial charge in [0.25, 0.3) is 0 Å². The molecule has 1 aromatic carbocycles. The second kappa shape index (κ2) is 6.48. The molecule has 0 saturated heterocycles. The van der Waals surface area contributed by atoms with Gasteiger partial charge in [-0.05, 0) is 31.7 Å². The summed E-state index contributed by atoms with van der Waals surface area (Å²) in [5, 5.41) is 3.47. The van der Waals surface area contributed by atoms with E-state index in [0.29, 0.717) is 0 Å². The molecule has 0 aliphatic rings. The van der Waals surface area contributed by atoms with Gasteiger partial charge in [-0.15, -0.1) is 0 Å². The molecule has 1 unspecified atom stereocenters. The van der Waals surface area contributed by atoms with Gasteiger partial charge in [0.1, 0.15) is 17.3 Å². The fourth-order valence-electron chi connectivity index (χ4n) is 2.43. The van der Waals surface area contributed by atoms with Crippen molar-refractivity contribution in [3.8, 4) is 11.5 Å². The third-order valence-corrected chi connectivity index (χ3v) is 3.37. The van der Waals surface area contributed by atoms with Crippen LogP contribution in [0.5, 0.6) is 11.5 Å². The standard InChI is InChI=1S/C16H21NO3/c1-5-17-16(12-9-10-20-11(12)2)15-13(18-3)7-6-8-14(15)19-4/h6-10,16-17H,5H2,1-4H3. The maximum atomic E-state index is 5.50. The lowest BCUT2D eigenvalue weighted by molar-refractivity contribution is 0.376. The molecule has 0 amide bonds. The van der Waals surface area contributed by atoms with E-state index in [2.05, 4.69) is 12.2 Å². The minimum atomic E-state index is -0.0233. The van der Waals surface area contributed by atoms with Crippen molar-refractivity contribution in [1.29, 1.82) is 0 Å². The predicted octanol–water partition coefficient (Wildman–Crippen LogP) is 3.30. The second-order valence-corrected chi connectivity index (χ2v) is 4.50. The highest BCUT2D eigenvalue weighted by Crippen LogP contribution is 2.38. The number of ether oxygens (including phenoxy) is 2. The fraction of sp³-hybridized carbons (Fsp3) is 0.375. The van der Waals surface area contributed by atoms with Gasteiger partial charge in [-0.1, -0.05) is 13.0 Å². The second-order valence-electron chi connectivity index (χ2n) is 4.50. The first-order chi connectivity index (χ1) is 9.72. The van der Waals surface area contributed by atoms with Gasteiger partial charge in [-0.25, -0.2) is 0 Å². The van der Waals surface area contributed by atoms with Gasteiger partial charge >= 0.3 is 0 Å². The molecule has 2 aromatic rings. The van der Waals surface area contributed by atoms with Crippen molar-refractivity contribution >= 4 is 0 Å². The summed E-state index contributed by atoms with van der Waals surface area (Å²) in [6.45, 7) is 4.86. The minimum absolute atomic E-state index is 0.0233. The lowest BCUT2D eigenvalue weighted by atomic mass is 9.97. The Hall–Kier alpha value is -1.94. The molecule has 4 nitrogen and oxygen atoms in total. The van der Waals surface area contributed by atoms with Gasteiger partial charge in [0, 0.05) is 5.56 Å². The number of nitrogens with one attached hydrogen (secondary N) is 1. The molecule has 1 aromatic heterocycles. The quantitative estimate of drug-likeness (QED) is 0.878. The third kappa shape index (κ3) is 2.65. The third-order valence-electron chi connectivity index (χ3n) is 3.37. The summed E-state index contributed by atoms with van der Waals surface area (Å²) < 4.78 is 16.4. The van der Waals surface area contributed by atoms with Crippen LogP contribution in [0.3, 0.4) is 0 Å². The van der Waals surface area contributed by atoms with Gasteiger partial charge in [0.2, 0.25) is 0 Å². The smallest absolute Gasteiger partial charge is 0.127 e. The zero-order valence-electron chi connectivity index (χ0n) is 12.4. The molecule has 2 rings (SSSR count). The Balaban J connectivity index is 2.57. The average Bonchev–Trinajstić information content (AvgIpc) is 2.90. The Kier molecular flexibility index (Phi) is 4.69. The lowest BCUT2D eigenvalue weighted by Crippen LogP contribution is -2.23. The van der Waals surface area contributed by atoms with Crippen LogP contribution in [-0.2, 0) is 0 Å². The normalized spacial score (nSPS) is 12.2. The molecule has 1 N–H and O–H groups in total. The van der Waals surface area contributed by atoms with Crippen LogP contribution in [0, 0.1) is 6.92 Å². The number of hydrogen-bond donors (Lipinski definition) is 1. The van der Waals surface area contributed by atoms with Gasteiger partial charge in [0.15, 0.2) is 0 Å². The molecule has 0 aliphatic carbocycles. The van der Waals surface area contributed by atoms with Crippen LogP contribution in [-0.4, -0.2) is 20.8 Å². The molecule has 0 bridgehead atoms. The molecule has 1 heterocycles. The van der Waals surface area contributed by atoms with Gasteiger partial charge in [-0.3, -0.25) is 0 Å². The van der Waals surface area contributed by atoms with Crippen LogP contribution in [0.2, 0.25) is 0 Å². The largest absolute Gasteiger partial charge is 0.496 e. The number of aryl methyl sites for hydroxylation is 1. The topological polar surface area (TPSA) is 43.6 Å². The molecule has 4 heteroatoms. The number of hydrogen-bond acceptors (Lipinski definition) is 4. The zero-order chi connectivity index (χ0) is 14.5. The summed E-state index contributed by atoms with van der Waals surface area (Å²) in [5.41, 5.74) is 2.08. The highest BCUT2D eigenvalue weighted by Gasteiger charge is 2.24. The van der Waals surface area contributed by atoms with E-state index in [1.807, 2.05) is 31.2 Å². The van der Waals surface area contributed by atoms with Crippen LogP contribution in [0.4, 0.5) is 0 Å². The molecule has 20 heavy (non-hydrogen) atoms. The molecule has 1 atom stereocenters. The Labute approximate surface area is 119 Å². The monoisotopic (exact) mass is 275 g/mol. The molecule has 0 spiro atoms. The molecular weight excluding hydrogens is 254 g/mol. The summed E-state index contributed by atoms with van der Waals surface area (Å²) in [5.74, 6) is 2.50. The van der Waals surface area contributed by atoms with E-state index in [0.717, 1.165) is 34.9 Å². The maximum absolute atomic E-state index is 5.50. The fourth-order valence-corrected chi connectivity index (χ4v) is 2.43. The number of rotatable bonds is 6. The first-order valence-electron chi connectivity index (χ1n) is 6.71. The Bertz CT molecular complexity index is 540. The molecule has 108 valence electrons. The van der Waals surface area contributed by atoms with Crippen molar-refractivity contribution in [2.75, 3.05) is 20.8 Å². The summed E-state index contributed by atoms with van der Waals surface area (Å²) in [6, 6.07) is 7.76. The SMILES string of the molecule is CCNC(c1ccoc1C)c1c(OC)cccc1OC. The van der Waals surface area contributed by atoms with Crippen LogP contribution in [0.1, 0.15) is 29.9 Å². The highest BCUT2D eigenvalue weighted by atomic mass is 16.5. The van der Waals surface area contributed by atoms with Crippen LogP contribution < -0.4 is 14.8 Å². The van der Waals surface area contributed by atoms with E-state index in [4.69, 9.17) is 13.9 Å². The van der Waals surface area contributed by atoms with E-state index in [9.17, 15) is 0 Å². The maximum Gasteiger partial charge on any atom is 0.127 e. The Morgan fingerprint density at radius 1 is 1.15 bits per heavy atom. The summed E-state index contributed by atoms with van der Waals surface area (Å²) >= 11 is 0. The summed E-state index contributed by atoms with van der Waals surface area (Å²) in [6.07, 6.45) is 1.71. The van der Waals surface area contributed by atoms with Crippen molar-refractivity contribution in [2.24, 2.45) is 0 Å². The number of methoxy groups -OCH3 is 2. The zero-order valence-corrected chi connectivity index (χ0v) is 12.4. The van der Waals surface area contributed by atoms with Crippen molar-refractivity contribution in [3.63, 3.8) is 0 Å². The Morgan fingerprint density at radius 2 is 1.80 bits per heavy atom. The molecular formula is C16H21NO3.